The lowest BCUT2D eigenvalue weighted by Gasteiger charge is -2.17. The summed E-state index contributed by atoms with van der Waals surface area (Å²) >= 11 is 0. The lowest BCUT2D eigenvalue weighted by molar-refractivity contribution is 0.453. The topological polar surface area (TPSA) is 75.4 Å². The van der Waals surface area contributed by atoms with E-state index in [9.17, 15) is 17.2 Å². The van der Waals surface area contributed by atoms with Crippen molar-refractivity contribution in [3.8, 4) is 0 Å². The van der Waals surface area contributed by atoms with E-state index in [1.54, 1.807) is 0 Å². The third-order valence-electron chi connectivity index (χ3n) is 2.71. The van der Waals surface area contributed by atoms with Crippen molar-refractivity contribution in [2.45, 2.75) is 12.8 Å². The minimum Gasteiger partial charge on any atom is -0.330 e. The van der Waals surface area contributed by atoms with Crippen molar-refractivity contribution in [3.63, 3.8) is 0 Å². The molecule has 0 aliphatic heterocycles. The van der Waals surface area contributed by atoms with E-state index in [4.69, 9.17) is 5.73 Å². The van der Waals surface area contributed by atoms with Crippen LogP contribution in [0.3, 0.4) is 0 Å². The Hall–Kier alpha value is -1.09. The fraction of sp³-hybridized carbons (Fsp3) is 0.500. The predicted octanol–water partition coefficient (Wildman–Crippen LogP) is 0.622. The summed E-state index contributed by atoms with van der Waals surface area (Å²) in [6.45, 7) is 0.793. The molecule has 1 aromatic rings. The first-order valence-electron chi connectivity index (χ1n) is 6.21. The van der Waals surface area contributed by atoms with Crippen LogP contribution in [0.1, 0.15) is 12.0 Å². The van der Waals surface area contributed by atoms with Crippen LogP contribution < -0.4 is 10.5 Å². The SMILES string of the molecule is CN(CCCN)S(=O)(=O)NCCc1cc(F)cc(F)c1. The molecule has 3 N–H and O–H groups in total. The maximum Gasteiger partial charge on any atom is 0.279 e. The third-order valence-corrected chi connectivity index (χ3v) is 4.28. The molecule has 0 bridgehead atoms. The Morgan fingerprint density at radius 1 is 1.25 bits per heavy atom. The second kappa shape index (κ2) is 7.63. The van der Waals surface area contributed by atoms with Crippen LogP contribution in [0, 0.1) is 11.6 Å². The molecule has 0 aromatic heterocycles. The summed E-state index contributed by atoms with van der Waals surface area (Å²) in [5.74, 6) is -1.36. The summed E-state index contributed by atoms with van der Waals surface area (Å²) in [7, 11) is -2.14. The Kier molecular flexibility index (Phi) is 6.47. The molecule has 0 atom stereocenters. The van der Waals surface area contributed by atoms with Crippen LogP contribution in [-0.4, -0.2) is 39.4 Å². The smallest absolute Gasteiger partial charge is 0.279 e. The molecule has 8 heteroatoms. The Balaban J connectivity index is 2.50. The number of benzene rings is 1. The fourth-order valence-corrected chi connectivity index (χ4v) is 2.57. The van der Waals surface area contributed by atoms with Gasteiger partial charge in [0.2, 0.25) is 0 Å². The predicted molar refractivity (Wildman–Crippen MR) is 73.3 cm³/mol. The molecular formula is C12H19F2N3O2S. The van der Waals surface area contributed by atoms with Gasteiger partial charge in [-0.05, 0) is 37.1 Å². The molecule has 20 heavy (non-hydrogen) atoms. The Morgan fingerprint density at radius 3 is 2.40 bits per heavy atom. The van der Waals surface area contributed by atoms with Crippen molar-refractivity contribution in [1.82, 2.24) is 9.03 Å². The van der Waals surface area contributed by atoms with Gasteiger partial charge >= 0.3 is 0 Å². The number of nitrogens with zero attached hydrogens (tertiary/aromatic N) is 1. The quantitative estimate of drug-likeness (QED) is 0.739. The van der Waals surface area contributed by atoms with Gasteiger partial charge in [0.05, 0.1) is 0 Å². The van der Waals surface area contributed by atoms with Gasteiger partial charge in [0.1, 0.15) is 11.6 Å². The normalized spacial score (nSPS) is 12.1. The number of hydrogen-bond donors (Lipinski definition) is 2. The molecule has 0 aliphatic carbocycles. The number of hydrogen-bond acceptors (Lipinski definition) is 3. The molecule has 0 spiro atoms. The van der Waals surface area contributed by atoms with E-state index in [1.165, 1.54) is 19.2 Å². The second-order valence-corrected chi connectivity index (χ2v) is 6.25. The largest absolute Gasteiger partial charge is 0.330 e. The van der Waals surface area contributed by atoms with Crippen LogP contribution in [0.5, 0.6) is 0 Å². The van der Waals surface area contributed by atoms with Gasteiger partial charge in [0.25, 0.3) is 10.2 Å². The Labute approximate surface area is 117 Å². The van der Waals surface area contributed by atoms with E-state index < -0.39 is 21.8 Å². The summed E-state index contributed by atoms with van der Waals surface area (Å²) in [5, 5.41) is 0. The summed E-state index contributed by atoms with van der Waals surface area (Å²) in [6, 6.07) is 3.12. The minimum absolute atomic E-state index is 0.0677. The van der Waals surface area contributed by atoms with Crippen LogP contribution >= 0.6 is 0 Å². The van der Waals surface area contributed by atoms with Crippen molar-refractivity contribution in [2.75, 3.05) is 26.7 Å². The molecule has 0 saturated heterocycles. The molecule has 0 heterocycles. The molecule has 114 valence electrons. The van der Waals surface area contributed by atoms with E-state index in [0.29, 0.717) is 25.1 Å². The van der Waals surface area contributed by atoms with Crippen molar-refractivity contribution in [3.05, 3.63) is 35.4 Å². The van der Waals surface area contributed by atoms with Gasteiger partial charge < -0.3 is 5.73 Å². The van der Waals surface area contributed by atoms with E-state index in [-0.39, 0.29) is 13.0 Å². The zero-order chi connectivity index (χ0) is 15.2. The summed E-state index contributed by atoms with van der Waals surface area (Å²) in [6.07, 6.45) is 0.769. The van der Waals surface area contributed by atoms with Gasteiger partial charge in [-0.15, -0.1) is 0 Å². The van der Waals surface area contributed by atoms with Gasteiger partial charge in [-0.3, -0.25) is 0 Å². The van der Waals surface area contributed by atoms with Gasteiger partial charge in [-0.1, -0.05) is 0 Å². The highest BCUT2D eigenvalue weighted by atomic mass is 32.2. The van der Waals surface area contributed by atoms with E-state index >= 15 is 0 Å². The van der Waals surface area contributed by atoms with Gasteiger partial charge in [0, 0.05) is 26.2 Å². The van der Waals surface area contributed by atoms with Crippen molar-refractivity contribution < 1.29 is 17.2 Å². The Bertz CT molecular complexity index is 517. The zero-order valence-corrected chi connectivity index (χ0v) is 12.1. The highest BCUT2D eigenvalue weighted by molar-refractivity contribution is 7.87. The average molecular weight is 307 g/mol. The van der Waals surface area contributed by atoms with Crippen LogP contribution in [0.15, 0.2) is 18.2 Å². The first kappa shape index (κ1) is 17.0. The van der Waals surface area contributed by atoms with Gasteiger partial charge in [0.15, 0.2) is 0 Å². The first-order valence-corrected chi connectivity index (χ1v) is 7.65. The Morgan fingerprint density at radius 2 is 1.85 bits per heavy atom. The molecule has 0 aliphatic rings. The van der Waals surface area contributed by atoms with Crippen molar-refractivity contribution in [1.29, 1.82) is 0 Å². The number of halogens is 2. The van der Waals surface area contributed by atoms with E-state index in [2.05, 4.69) is 4.72 Å². The molecule has 0 saturated carbocycles. The number of rotatable bonds is 8. The average Bonchev–Trinajstić information content (AvgIpc) is 2.34. The molecule has 5 nitrogen and oxygen atoms in total. The van der Waals surface area contributed by atoms with Gasteiger partial charge in [-0.25, -0.2) is 13.5 Å². The lowest BCUT2D eigenvalue weighted by Crippen LogP contribution is -2.40. The summed E-state index contributed by atoms with van der Waals surface area (Å²) in [5.41, 5.74) is 5.71. The summed E-state index contributed by atoms with van der Waals surface area (Å²) < 4.78 is 53.0. The molecule has 0 unspecified atom stereocenters. The maximum absolute atomic E-state index is 13.0. The van der Waals surface area contributed by atoms with Crippen LogP contribution in [0.4, 0.5) is 8.78 Å². The van der Waals surface area contributed by atoms with E-state index in [1.807, 2.05) is 0 Å². The minimum atomic E-state index is -3.58. The van der Waals surface area contributed by atoms with Crippen molar-refractivity contribution >= 4 is 10.2 Å². The molecule has 1 aromatic carbocycles. The molecule has 0 radical (unpaired) electrons. The zero-order valence-electron chi connectivity index (χ0n) is 11.3. The number of nitrogens with one attached hydrogen (secondary N) is 1. The summed E-state index contributed by atoms with van der Waals surface area (Å²) in [4.78, 5) is 0. The van der Waals surface area contributed by atoms with Crippen LogP contribution in [0.2, 0.25) is 0 Å². The standard InChI is InChI=1S/C12H19F2N3O2S/c1-17(6-2-4-15)20(18,19)16-5-3-10-7-11(13)9-12(14)8-10/h7-9,16H,2-6,15H2,1H3. The molecular weight excluding hydrogens is 288 g/mol. The van der Waals surface area contributed by atoms with Crippen LogP contribution in [-0.2, 0) is 16.6 Å². The molecule has 0 fully saturated rings. The molecule has 0 amide bonds. The monoisotopic (exact) mass is 307 g/mol. The second-order valence-electron chi connectivity index (χ2n) is 4.39. The van der Waals surface area contributed by atoms with Gasteiger partial charge in [-0.2, -0.15) is 12.7 Å². The molecule has 1 rings (SSSR count). The third kappa shape index (κ3) is 5.49. The fourth-order valence-electron chi connectivity index (χ4n) is 1.62. The number of nitrogens with two attached hydrogens (primary N) is 1. The van der Waals surface area contributed by atoms with Crippen LogP contribution in [0.25, 0.3) is 0 Å². The van der Waals surface area contributed by atoms with Crippen molar-refractivity contribution in [2.24, 2.45) is 5.73 Å². The first-order chi connectivity index (χ1) is 9.35. The van der Waals surface area contributed by atoms with E-state index in [0.717, 1.165) is 10.4 Å². The highest BCUT2D eigenvalue weighted by Gasteiger charge is 2.15. The maximum atomic E-state index is 13.0. The lowest BCUT2D eigenvalue weighted by atomic mass is 10.1. The highest BCUT2D eigenvalue weighted by Crippen LogP contribution is 2.08.